The minimum atomic E-state index is 0.263. The number of nitrogens with one attached hydrogen (secondary N) is 1. The standard InChI is InChI=1S/C16H12N4O/c21-12-4-5-13-11(8-12)2-1-3-15(13)20-7-6-18-16(20)14-9-17-10-19-14/h1-10,21H,(H,17,19). The summed E-state index contributed by atoms with van der Waals surface area (Å²) in [5.74, 6) is 1.06. The highest BCUT2D eigenvalue weighted by atomic mass is 16.3. The molecule has 0 fully saturated rings. The molecule has 0 aliphatic carbocycles. The van der Waals surface area contributed by atoms with Gasteiger partial charge in [0, 0.05) is 17.8 Å². The van der Waals surface area contributed by atoms with Gasteiger partial charge in [-0.3, -0.25) is 4.57 Å². The molecule has 2 heterocycles. The number of imidazole rings is 2. The van der Waals surface area contributed by atoms with Crippen molar-refractivity contribution in [3.8, 4) is 23.0 Å². The fourth-order valence-corrected chi connectivity index (χ4v) is 2.54. The maximum absolute atomic E-state index is 9.62. The Kier molecular flexibility index (Phi) is 2.50. The number of phenols is 1. The molecule has 0 saturated carbocycles. The van der Waals surface area contributed by atoms with Crippen molar-refractivity contribution in [1.82, 2.24) is 19.5 Å². The number of nitrogens with zero attached hydrogens (tertiary/aromatic N) is 3. The zero-order chi connectivity index (χ0) is 14.2. The number of H-pyrrole nitrogens is 1. The third-order valence-electron chi connectivity index (χ3n) is 3.48. The molecule has 2 N–H and O–H groups in total. The quantitative estimate of drug-likeness (QED) is 0.591. The molecule has 102 valence electrons. The predicted molar refractivity (Wildman–Crippen MR) is 80.3 cm³/mol. The van der Waals surface area contributed by atoms with Gasteiger partial charge in [0.1, 0.15) is 11.4 Å². The van der Waals surface area contributed by atoms with E-state index in [0.717, 1.165) is 28.0 Å². The van der Waals surface area contributed by atoms with Crippen molar-refractivity contribution >= 4 is 10.8 Å². The van der Waals surface area contributed by atoms with Gasteiger partial charge in [-0.1, -0.05) is 12.1 Å². The van der Waals surface area contributed by atoms with Crippen LogP contribution in [0.2, 0.25) is 0 Å². The number of rotatable bonds is 2. The van der Waals surface area contributed by atoms with E-state index < -0.39 is 0 Å². The molecule has 5 heteroatoms. The smallest absolute Gasteiger partial charge is 0.162 e. The Morgan fingerprint density at radius 3 is 2.95 bits per heavy atom. The van der Waals surface area contributed by atoms with Crippen LogP contribution in [0.4, 0.5) is 0 Å². The van der Waals surface area contributed by atoms with Crippen LogP contribution in [-0.4, -0.2) is 24.6 Å². The van der Waals surface area contributed by atoms with Gasteiger partial charge in [0.2, 0.25) is 0 Å². The molecular formula is C16H12N4O. The Bertz CT molecular complexity index is 909. The van der Waals surface area contributed by atoms with E-state index in [1.165, 1.54) is 0 Å². The maximum Gasteiger partial charge on any atom is 0.162 e. The second kappa shape index (κ2) is 4.49. The molecule has 0 bridgehead atoms. The normalized spacial score (nSPS) is 11.0. The Labute approximate surface area is 120 Å². The summed E-state index contributed by atoms with van der Waals surface area (Å²) in [7, 11) is 0. The predicted octanol–water partition coefficient (Wildman–Crippen LogP) is 3.12. The van der Waals surface area contributed by atoms with E-state index in [9.17, 15) is 5.11 Å². The Hall–Kier alpha value is -3.08. The van der Waals surface area contributed by atoms with Crippen LogP contribution in [0.25, 0.3) is 28.0 Å². The molecular weight excluding hydrogens is 264 g/mol. The summed E-state index contributed by atoms with van der Waals surface area (Å²) in [5.41, 5.74) is 1.87. The van der Waals surface area contributed by atoms with Crippen LogP contribution in [0.1, 0.15) is 0 Å². The highest BCUT2D eigenvalue weighted by Crippen LogP contribution is 2.28. The van der Waals surface area contributed by atoms with Gasteiger partial charge >= 0.3 is 0 Å². The molecule has 0 saturated heterocycles. The number of benzene rings is 2. The minimum Gasteiger partial charge on any atom is -0.508 e. The first kappa shape index (κ1) is 11.7. The van der Waals surface area contributed by atoms with Crippen molar-refractivity contribution < 1.29 is 5.11 Å². The van der Waals surface area contributed by atoms with Gasteiger partial charge in [0.25, 0.3) is 0 Å². The van der Waals surface area contributed by atoms with E-state index in [4.69, 9.17) is 0 Å². The Balaban J connectivity index is 1.98. The van der Waals surface area contributed by atoms with E-state index in [0.29, 0.717) is 0 Å². The first-order valence-corrected chi connectivity index (χ1v) is 6.57. The summed E-state index contributed by atoms with van der Waals surface area (Å²) >= 11 is 0. The number of aromatic hydroxyl groups is 1. The Morgan fingerprint density at radius 1 is 1.14 bits per heavy atom. The number of phenolic OH excluding ortho intramolecular Hbond substituents is 1. The first-order valence-electron chi connectivity index (χ1n) is 6.57. The Morgan fingerprint density at radius 2 is 2.10 bits per heavy atom. The summed E-state index contributed by atoms with van der Waals surface area (Å²) in [5, 5.41) is 11.7. The zero-order valence-electron chi connectivity index (χ0n) is 11.1. The van der Waals surface area contributed by atoms with E-state index >= 15 is 0 Å². The molecule has 0 aliphatic rings. The summed E-state index contributed by atoms with van der Waals surface area (Å²) in [6.45, 7) is 0. The summed E-state index contributed by atoms with van der Waals surface area (Å²) in [4.78, 5) is 11.5. The lowest BCUT2D eigenvalue weighted by Gasteiger charge is -2.10. The van der Waals surface area contributed by atoms with Gasteiger partial charge in [0.15, 0.2) is 5.82 Å². The van der Waals surface area contributed by atoms with E-state index in [1.54, 1.807) is 30.9 Å². The lowest BCUT2D eigenvalue weighted by atomic mass is 10.1. The van der Waals surface area contributed by atoms with Gasteiger partial charge in [-0.05, 0) is 29.7 Å². The lowest BCUT2D eigenvalue weighted by molar-refractivity contribution is 0.476. The van der Waals surface area contributed by atoms with Gasteiger partial charge in [-0.2, -0.15) is 0 Å². The number of hydrogen-bond acceptors (Lipinski definition) is 3. The van der Waals surface area contributed by atoms with Crippen molar-refractivity contribution in [2.75, 3.05) is 0 Å². The fraction of sp³-hybridized carbons (Fsp3) is 0. The molecule has 4 rings (SSSR count). The third-order valence-corrected chi connectivity index (χ3v) is 3.48. The maximum atomic E-state index is 9.62. The van der Waals surface area contributed by atoms with Gasteiger partial charge in [-0.25, -0.2) is 9.97 Å². The minimum absolute atomic E-state index is 0.263. The van der Waals surface area contributed by atoms with Crippen LogP contribution in [-0.2, 0) is 0 Å². The topological polar surface area (TPSA) is 66.7 Å². The second-order valence-electron chi connectivity index (χ2n) is 4.77. The van der Waals surface area contributed by atoms with Crippen molar-refractivity contribution in [3.05, 3.63) is 61.3 Å². The fourth-order valence-electron chi connectivity index (χ4n) is 2.54. The highest BCUT2D eigenvalue weighted by Gasteiger charge is 2.11. The molecule has 5 nitrogen and oxygen atoms in total. The average molecular weight is 276 g/mol. The molecule has 0 spiro atoms. The van der Waals surface area contributed by atoms with Crippen LogP contribution in [0, 0.1) is 0 Å². The van der Waals surface area contributed by atoms with Crippen molar-refractivity contribution in [1.29, 1.82) is 0 Å². The first-order chi connectivity index (χ1) is 10.3. The van der Waals surface area contributed by atoms with Gasteiger partial charge in [-0.15, -0.1) is 0 Å². The highest BCUT2D eigenvalue weighted by molar-refractivity contribution is 5.91. The second-order valence-corrected chi connectivity index (χ2v) is 4.77. The number of fused-ring (bicyclic) bond motifs is 1. The summed E-state index contributed by atoms with van der Waals surface area (Å²) in [6.07, 6.45) is 7.05. The third kappa shape index (κ3) is 1.87. The van der Waals surface area contributed by atoms with Crippen LogP contribution in [0.5, 0.6) is 5.75 Å². The van der Waals surface area contributed by atoms with E-state index in [2.05, 4.69) is 15.0 Å². The molecule has 21 heavy (non-hydrogen) atoms. The molecule has 0 unspecified atom stereocenters. The molecule has 0 amide bonds. The van der Waals surface area contributed by atoms with Crippen molar-refractivity contribution in [2.45, 2.75) is 0 Å². The van der Waals surface area contributed by atoms with Gasteiger partial charge < -0.3 is 10.1 Å². The summed E-state index contributed by atoms with van der Waals surface area (Å²) in [6, 6.07) is 11.3. The average Bonchev–Trinajstić information content (AvgIpc) is 3.17. The molecule has 0 aliphatic heterocycles. The SMILES string of the molecule is Oc1ccc2c(-n3ccnc3-c3cnc[nH]3)cccc2c1. The molecule has 2 aromatic carbocycles. The molecule has 0 atom stereocenters. The monoisotopic (exact) mass is 276 g/mol. The van der Waals surface area contributed by atoms with Crippen LogP contribution in [0.15, 0.2) is 61.3 Å². The van der Waals surface area contributed by atoms with Crippen molar-refractivity contribution in [2.24, 2.45) is 0 Å². The van der Waals surface area contributed by atoms with Crippen LogP contribution in [0.3, 0.4) is 0 Å². The van der Waals surface area contributed by atoms with Gasteiger partial charge in [0.05, 0.1) is 18.2 Å². The van der Waals surface area contributed by atoms with Crippen LogP contribution < -0.4 is 0 Å². The number of aromatic amines is 1. The van der Waals surface area contributed by atoms with Crippen LogP contribution >= 0.6 is 0 Å². The largest absolute Gasteiger partial charge is 0.508 e. The lowest BCUT2D eigenvalue weighted by Crippen LogP contribution is -1.97. The molecule has 0 radical (unpaired) electrons. The summed E-state index contributed by atoms with van der Waals surface area (Å²) < 4.78 is 2.01. The van der Waals surface area contributed by atoms with E-state index in [-0.39, 0.29) is 5.75 Å². The van der Waals surface area contributed by atoms with Crippen molar-refractivity contribution in [3.63, 3.8) is 0 Å². The van der Waals surface area contributed by atoms with E-state index in [1.807, 2.05) is 35.0 Å². The zero-order valence-corrected chi connectivity index (χ0v) is 11.1. The number of aromatic nitrogens is 4. The molecule has 2 aromatic heterocycles. The number of hydrogen-bond donors (Lipinski definition) is 2. The molecule has 4 aromatic rings.